The lowest BCUT2D eigenvalue weighted by Gasteiger charge is -2.21. The van der Waals surface area contributed by atoms with Crippen molar-refractivity contribution in [1.82, 2.24) is 19.1 Å². The molecular formula is C25H28N4O2S. The van der Waals surface area contributed by atoms with Crippen LogP contribution in [0.1, 0.15) is 18.9 Å². The second kappa shape index (κ2) is 8.56. The molecule has 5 rings (SSSR count). The van der Waals surface area contributed by atoms with Crippen molar-refractivity contribution in [1.29, 1.82) is 0 Å². The minimum absolute atomic E-state index is 0.0373. The molecule has 1 fully saturated rings. The minimum Gasteiger partial charge on any atom is -0.347 e. The first kappa shape index (κ1) is 21.0. The van der Waals surface area contributed by atoms with Crippen molar-refractivity contribution >= 4 is 20.9 Å². The number of fused-ring (bicyclic) bond motifs is 1. The summed E-state index contributed by atoms with van der Waals surface area (Å²) in [4.78, 5) is 0. The minimum atomic E-state index is -3.28. The van der Waals surface area contributed by atoms with Crippen molar-refractivity contribution in [2.24, 2.45) is 5.92 Å². The first-order valence-electron chi connectivity index (χ1n) is 11.1. The molecule has 2 aromatic carbocycles. The number of nitrogens with one attached hydrogen (secondary N) is 1. The molecule has 6 nitrogen and oxygen atoms in total. The van der Waals surface area contributed by atoms with E-state index in [0.717, 1.165) is 29.7 Å². The van der Waals surface area contributed by atoms with Gasteiger partial charge in [-0.1, -0.05) is 36.4 Å². The lowest BCUT2D eigenvalue weighted by molar-refractivity contribution is 0.399. The maximum absolute atomic E-state index is 13.0. The van der Waals surface area contributed by atoms with Crippen LogP contribution in [0.3, 0.4) is 0 Å². The van der Waals surface area contributed by atoms with Crippen LogP contribution in [0, 0.1) is 5.92 Å². The van der Waals surface area contributed by atoms with Gasteiger partial charge in [-0.05, 0) is 55.0 Å². The van der Waals surface area contributed by atoms with Crippen LogP contribution in [-0.4, -0.2) is 45.8 Å². The van der Waals surface area contributed by atoms with Crippen LogP contribution in [0.4, 0.5) is 0 Å². The lowest BCUT2D eigenvalue weighted by atomic mass is 10.1. The number of H-pyrrole nitrogens is 1. The van der Waals surface area contributed by atoms with Gasteiger partial charge in [0.05, 0.1) is 11.9 Å². The fourth-order valence-electron chi connectivity index (χ4n) is 4.86. The van der Waals surface area contributed by atoms with Gasteiger partial charge in [-0.2, -0.15) is 9.40 Å². The number of hydrogen-bond donors (Lipinski definition) is 1. The molecule has 1 aliphatic heterocycles. The average Bonchev–Trinajstić information content (AvgIpc) is 3.54. The van der Waals surface area contributed by atoms with Crippen molar-refractivity contribution in [3.05, 3.63) is 78.8 Å². The Morgan fingerprint density at radius 3 is 2.72 bits per heavy atom. The van der Waals surface area contributed by atoms with Gasteiger partial charge in [0.1, 0.15) is 0 Å². The third-order valence-corrected chi connectivity index (χ3v) is 8.45. The van der Waals surface area contributed by atoms with Gasteiger partial charge in [-0.25, -0.2) is 8.42 Å². The monoisotopic (exact) mass is 448 g/mol. The van der Waals surface area contributed by atoms with Gasteiger partial charge in [0, 0.05) is 48.0 Å². The van der Waals surface area contributed by atoms with Crippen LogP contribution in [0.2, 0.25) is 0 Å². The summed E-state index contributed by atoms with van der Waals surface area (Å²) in [5.41, 5.74) is 4.44. The van der Waals surface area contributed by atoms with Crippen molar-refractivity contribution in [3.8, 4) is 11.1 Å². The Hall–Kier alpha value is -2.90. The van der Waals surface area contributed by atoms with Gasteiger partial charge in [-0.15, -0.1) is 0 Å². The molecule has 2 atom stereocenters. The summed E-state index contributed by atoms with van der Waals surface area (Å²) in [6.07, 6.45) is 7.27. The SMILES string of the molecule is CC1CC(Cn2ccc3cc(-c4cn[nH]c4)ccc32)CN1S(=O)(=O)CCc1ccccc1. The number of aromatic amines is 1. The van der Waals surface area contributed by atoms with E-state index in [9.17, 15) is 8.42 Å². The van der Waals surface area contributed by atoms with E-state index in [2.05, 4.69) is 45.2 Å². The van der Waals surface area contributed by atoms with Crippen LogP contribution in [0.15, 0.2) is 73.2 Å². The summed E-state index contributed by atoms with van der Waals surface area (Å²) < 4.78 is 30.1. The fraction of sp³-hybridized carbons (Fsp3) is 0.320. The smallest absolute Gasteiger partial charge is 0.214 e. The number of hydrogen-bond acceptors (Lipinski definition) is 3. The molecule has 1 N–H and O–H groups in total. The third kappa shape index (κ3) is 4.23. The standard InChI is InChI=1S/C25H28N4O2S/c1-19-13-21(18-29(19)32(30,31)12-10-20-5-3-2-4-6-20)17-28-11-9-23-14-22(7-8-25(23)28)24-15-26-27-16-24/h2-9,11,14-16,19,21H,10,12-13,17-18H2,1H3,(H,26,27). The maximum Gasteiger partial charge on any atom is 0.214 e. The predicted octanol–water partition coefficient (Wildman–Crippen LogP) is 4.31. The van der Waals surface area contributed by atoms with E-state index < -0.39 is 10.0 Å². The summed E-state index contributed by atoms with van der Waals surface area (Å²) in [6, 6.07) is 18.4. The van der Waals surface area contributed by atoms with Crippen LogP contribution in [-0.2, 0) is 23.0 Å². The van der Waals surface area contributed by atoms with Gasteiger partial charge in [-0.3, -0.25) is 5.10 Å². The number of rotatable bonds is 7. The van der Waals surface area contributed by atoms with Crippen LogP contribution >= 0.6 is 0 Å². The van der Waals surface area contributed by atoms with Gasteiger partial charge in [0.25, 0.3) is 0 Å². The molecule has 0 radical (unpaired) electrons. The lowest BCUT2D eigenvalue weighted by Crippen LogP contribution is -2.36. The predicted molar refractivity (Wildman–Crippen MR) is 128 cm³/mol. The number of sulfonamides is 1. The van der Waals surface area contributed by atoms with Crippen molar-refractivity contribution in [3.63, 3.8) is 0 Å². The van der Waals surface area contributed by atoms with E-state index >= 15 is 0 Å². The van der Waals surface area contributed by atoms with Crippen LogP contribution < -0.4 is 0 Å². The largest absolute Gasteiger partial charge is 0.347 e. The van der Waals surface area contributed by atoms with Crippen molar-refractivity contribution in [2.75, 3.05) is 12.3 Å². The van der Waals surface area contributed by atoms with Crippen molar-refractivity contribution in [2.45, 2.75) is 32.4 Å². The Balaban J connectivity index is 1.27. The van der Waals surface area contributed by atoms with Crippen LogP contribution in [0.25, 0.3) is 22.0 Å². The zero-order valence-corrected chi connectivity index (χ0v) is 19.0. The zero-order chi connectivity index (χ0) is 22.1. The van der Waals surface area contributed by atoms with E-state index in [1.807, 2.05) is 49.6 Å². The van der Waals surface area contributed by atoms with Crippen molar-refractivity contribution < 1.29 is 8.42 Å². The Labute approximate surface area is 188 Å². The molecule has 0 saturated carbocycles. The first-order chi connectivity index (χ1) is 15.5. The molecule has 1 aliphatic rings. The molecule has 0 amide bonds. The molecule has 2 aromatic heterocycles. The molecular weight excluding hydrogens is 420 g/mol. The van der Waals surface area contributed by atoms with Gasteiger partial charge >= 0.3 is 0 Å². The second-order valence-corrected chi connectivity index (χ2v) is 10.8. The van der Waals surface area contributed by atoms with E-state index in [4.69, 9.17) is 0 Å². The van der Waals surface area contributed by atoms with Gasteiger partial charge in [0.15, 0.2) is 0 Å². The topological polar surface area (TPSA) is 71.0 Å². The maximum atomic E-state index is 13.0. The molecule has 3 heterocycles. The zero-order valence-electron chi connectivity index (χ0n) is 18.2. The van der Waals surface area contributed by atoms with Gasteiger partial charge in [0.2, 0.25) is 10.0 Å². The van der Waals surface area contributed by atoms with E-state index in [0.29, 0.717) is 18.9 Å². The third-order valence-electron chi connectivity index (χ3n) is 6.51. The number of aromatic nitrogens is 3. The van der Waals surface area contributed by atoms with E-state index in [1.165, 1.54) is 10.9 Å². The van der Waals surface area contributed by atoms with E-state index in [-0.39, 0.29) is 11.8 Å². The molecule has 7 heteroatoms. The molecule has 166 valence electrons. The van der Waals surface area contributed by atoms with Gasteiger partial charge < -0.3 is 4.57 Å². The molecule has 2 unspecified atom stereocenters. The normalized spacial score (nSPS) is 19.7. The highest BCUT2D eigenvalue weighted by molar-refractivity contribution is 7.89. The molecule has 0 spiro atoms. The summed E-state index contributed by atoms with van der Waals surface area (Å²) in [7, 11) is -3.28. The Kier molecular flexibility index (Phi) is 5.61. The summed E-state index contributed by atoms with van der Waals surface area (Å²) in [6.45, 7) is 3.44. The summed E-state index contributed by atoms with van der Waals surface area (Å²) in [5.74, 6) is 0.470. The average molecular weight is 449 g/mol. The highest BCUT2D eigenvalue weighted by Crippen LogP contribution is 2.30. The highest BCUT2D eigenvalue weighted by atomic mass is 32.2. The summed E-state index contributed by atoms with van der Waals surface area (Å²) in [5, 5.41) is 8.07. The Morgan fingerprint density at radius 2 is 1.94 bits per heavy atom. The number of benzene rings is 2. The fourth-order valence-corrected chi connectivity index (χ4v) is 6.66. The Bertz CT molecular complexity index is 1300. The molecule has 4 aromatic rings. The molecule has 0 aliphatic carbocycles. The quantitative estimate of drug-likeness (QED) is 0.458. The second-order valence-electron chi connectivity index (χ2n) is 8.80. The molecule has 0 bridgehead atoms. The summed E-state index contributed by atoms with van der Waals surface area (Å²) >= 11 is 0. The van der Waals surface area contributed by atoms with Crippen LogP contribution in [0.5, 0.6) is 0 Å². The first-order valence-corrected chi connectivity index (χ1v) is 12.7. The number of nitrogens with zero attached hydrogens (tertiary/aromatic N) is 3. The number of aryl methyl sites for hydroxylation is 1. The highest BCUT2D eigenvalue weighted by Gasteiger charge is 2.36. The molecule has 32 heavy (non-hydrogen) atoms. The van der Waals surface area contributed by atoms with E-state index in [1.54, 1.807) is 4.31 Å². The Morgan fingerprint density at radius 1 is 1.09 bits per heavy atom. The molecule has 1 saturated heterocycles.